The quantitative estimate of drug-likeness (QED) is 0.463. The number of sulfonamides is 1. The molecule has 0 fully saturated rings. The molecular formula is C20H17ClN2O6S2. The van der Waals surface area contributed by atoms with Gasteiger partial charge in [-0.2, -0.15) is 0 Å². The van der Waals surface area contributed by atoms with Gasteiger partial charge in [-0.15, -0.1) is 0 Å². The molecule has 0 atom stereocenters. The van der Waals surface area contributed by atoms with Gasteiger partial charge in [0.25, 0.3) is 15.9 Å². The van der Waals surface area contributed by atoms with E-state index in [2.05, 4.69) is 10.0 Å². The van der Waals surface area contributed by atoms with Crippen LogP contribution in [0.1, 0.15) is 10.4 Å². The number of carbonyl (C=O) groups is 1. The molecule has 0 unspecified atom stereocenters. The highest BCUT2D eigenvalue weighted by Crippen LogP contribution is 2.26. The van der Waals surface area contributed by atoms with E-state index in [9.17, 15) is 26.7 Å². The largest absolute Gasteiger partial charge is 0.506 e. The zero-order valence-corrected chi connectivity index (χ0v) is 18.4. The molecule has 1 amide bonds. The van der Waals surface area contributed by atoms with Gasteiger partial charge in [0.05, 0.1) is 26.1 Å². The van der Waals surface area contributed by atoms with Crippen molar-refractivity contribution < 1.29 is 26.7 Å². The molecule has 0 spiro atoms. The topological polar surface area (TPSA) is 130 Å². The summed E-state index contributed by atoms with van der Waals surface area (Å²) in [5, 5.41) is 12.3. The van der Waals surface area contributed by atoms with Crippen molar-refractivity contribution in [2.45, 2.75) is 9.79 Å². The molecule has 3 aromatic carbocycles. The molecule has 3 aromatic rings. The average Bonchev–Trinajstić information content (AvgIpc) is 2.69. The van der Waals surface area contributed by atoms with Crippen LogP contribution in [0, 0.1) is 0 Å². The first-order valence-electron chi connectivity index (χ1n) is 8.69. The standard InChI is InChI=1S/C20H17ClN2O6S2/c1-30(26,27)14-8-6-13(7-9-14)23-31(28,29)15-10-11-17(21)16(12-15)20(25)22-18-4-2-3-5-19(18)24/h2-12,23-24H,1H3,(H,22,25). The predicted octanol–water partition coefficient (Wildman–Crippen LogP) is 3.50. The number of phenols is 1. The molecule has 3 rings (SSSR count). The van der Waals surface area contributed by atoms with Gasteiger partial charge < -0.3 is 10.4 Å². The molecule has 0 heterocycles. The maximum Gasteiger partial charge on any atom is 0.261 e. The van der Waals surface area contributed by atoms with Gasteiger partial charge in [0, 0.05) is 11.9 Å². The van der Waals surface area contributed by atoms with Crippen LogP contribution in [0.25, 0.3) is 0 Å². The highest BCUT2D eigenvalue weighted by Gasteiger charge is 2.20. The van der Waals surface area contributed by atoms with E-state index in [1.165, 1.54) is 48.5 Å². The molecule has 0 saturated carbocycles. The van der Waals surface area contributed by atoms with E-state index >= 15 is 0 Å². The second kappa shape index (κ2) is 8.58. The van der Waals surface area contributed by atoms with Crippen molar-refractivity contribution in [1.29, 1.82) is 0 Å². The molecule has 162 valence electrons. The molecule has 0 aliphatic rings. The van der Waals surface area contributed by atoms with Crippen LogP contribution in [0.2, 0.25) is 5.02 Å². The molecule has 8 nitrogen and oxygen atoms in total. The Morgan fingerprint density at radius 2 is 1.52 bits per heavy atom. The molecule has 11 heteroatoms. The Balaban J connectivity index is 1.87. The fourth-order valence-electron chi connectivity index (χ4n) is 2.60. The molecule has 31 heavy (non-hydrogen) atoms. The van der Waals surface area contributed by atoms with Crippen LogP contribution in [0.4, 0.5) is 11.4 Å². The zero-order chi connectivity index (χ0) is 22.8. The Labute approximate surface area is 184 Å². The first-order chi connectivity index (χ1) is 14.5. The second-order valence-corrected chi connectivity index (χ2v) is 10.6. The Hall–Kier alpha value is -3.08. The third-order valence-electron chi connectivity index (χ3n) is 4.18. The van der Waals surface area contributed by atoms with Crippen LogP contribution in [0.5, 0.6) is 5.75 Å². The summed E-state index contributed by atoms with van der Waals surface area (Å²) >= 11 is 6.07. The molecule has 0 aliphatic carbocycles. The minimum Gasteiger partial charge on any atom is -0.506 e. The Morgan fingerprint density at radius 1 is 0.903 bits per heavy atom. The predicted molar refractivity (Wildman–Crippen MR) is 118 cm³/mol. The van der Waals surface area contributed by atoms with Crippen LogP contribution >= 0.6 is 11.6 Å². The molecule has 0 aliphatic heterocycles. The first kappa shape index (κ1) is 22.6. The van der Waals surface area contributed by atoms with Gasteiger partial charge in [-0.1, -0.05) is 23.7 Å². The minimum atomic E-state index is -4.10. The maximum atomic E-state index is 12.7. The van der Waals surface area contributed by atoms with Gasteiger partial charge in [-0.05, 0) is 54.6 Å². The van der Waals surface area contributed by atoms with Gasteiger partial charge in [-0.3, -0.25) is 9.52 Å². The van der Waals surface area contributed by atoms with E-state index in [1.54, 1.807) is 12.1 Å². The molecule has 0 radical (unpaired) electrons. The number of aromatic hydroxyl groups is 1. The van der Waals surface area contributed by atoms with Gasteiger partial charge >= 0.3 is 0 Å². The van der Waals surface area contributed by atoms with Crippen molar-refractivity contribution in [1.82, 2.24) is 0 Å². The van der Waals surface area contributed by atoms with E-state index in [0.717, 1.165) is 12.3 Å². The van der Waals surface area contributed by atoms with Crippen molar-refractivity contribution in [2.24, 2.45) is 0 Å². The summed E-state index contributed by atoms with van der Waals surface area (Å²) in [6.45, 7) is 0. The number of rotatable bonds is 6. The minimum absolute atomic E-state index is 0.0179. The smallest absolute Gasteiger partial charge is 0.261 e. The molecule has 3 N–H and O–H groups in total. The van der Waals surface area contributed by atoms with E-state index in [1.807, 2.05) is 0 Å². The Morgan fingerprint density at radius 3 is 2.13 bits per heavy atom. The van der Waals surface area contributed by atoms with Crippen molar-refractivity contribution >= 4 is 48.7 Å². The highest BCUT2D eigenvalue weighted by atomic mass is 35.5. The number of nitrogens with one attached hydrogen (secondary N) is 2. The Bertz CT molecular complexity index is 1350. The third kappa shape index (κ3) is 5.35. The third-order valence-corrected chi connectivity index (χ3v) is 7.02. The first-order valence-corrected chi connectivity index (χ1v) is 12.4. The Kier molecular flexibility index (Phi) is 6.25. The summed E-state index contributed by atoms with van der Waals surface area (Å²) in [6.07, 6.45) is 1.04. The van der Waals surface area contributed by atoms with Crippen molar-refractivity contribution in [2.75, 3.05) is 16.3 Å². The molecule has 0 saturated heterocycles. The van der Waals surface area contributed by atoms with Crippen LogP contribution in [-0.4, -0.2) is 34.1 Å². The fraction of sp³-hybridized carbons (Fsp3) is 0.0500. The van der Waals surface area contributed by atoms with Gasteiger partial charge in [0.1, 0.15) is 5.75 Å². The zero-order valence-electron chi connectivity index (χ0n) is 16.0. The number of hydrogen-bond donors (Lipinski definition) is 3. The van der Waals surface area contributed by atoms with Crippen molar-refractivity contribution in [3.8, 4) is 5.75 Å². The number of sulfone groups is 1. The van der Waals surface area contributed by atoms with Gasteiger partial charge in [-0.25, -0.2) is 16.8 Å². The second-order valence-electron chi connectivity index (χ2n) is 6.51. The van der Waals surface area contributed by atoms with E-state index < -0.39 is 25.8 Å². The fourth-order valence-corrected chi connectivity index (χ4v) is 4.52. The number of amides is 1. The number of phenolic OH excluding ortho intramolecular Hbond substituents is 1. The molecule has 0 aromatic heterocycles. The van der Waals surface area contributed by atoms with Crippen LogP contribution in [0.3, 0.4) is 0 Å². The highest BCUT2D eigenvalue weighted by molar-refractivity contribution is 7.92. The number of carbonyl (C=O) groups excluding carboxylic acids is 1. The van der Waals surface area contributed by atoms with Gasteiger partial charge in [0.15, 0.2) is 9.84 Å². The lowest BCUT2D eigenvalue weighted by atomic mass is 10.2. The van der Waals surface area contributed by atoms with E-state index in [0.29, 0.717) is 0 Å². The van der Waals surface area contributed by atoms with E-state index in [-0.39, 0.29) is 37.5 Å². The number of halogens is 1. The number of anilines is 2. The summed E-state index contributed by atoms with van der Waals surface area (Å²) in [4.78, 5) is 12.4. The average molecular weight is 481 g/mol. The normalized spacial score (nSPS) is 11.7. The SMILES string of the molecule is CS(=O)(=O)c1ccc(NS(=O)(=O)c2ccc(Cl)c(C(=O)Nc3ccccc3O)c2)cc1. The summed E-state index contributed by atoms with van der Waals surface area (Å²) in [5.41, 5.74) is 0.170. The number of hydrogen-bond acceptors (Lipinski definition) is 6. The lowest BCUT2D eigenvalue weighted by molar-refractivity contribution is 0.102. The summed E-state index contributed by atoms with van der Waals surface area (Å²) < 4.78 is 50.9. The summed E-state index contributed by atoms with van der Waals surface area (Å²) in [7, 11) is -7.52. The summed E-state index contributed by atoms with van der Waals surface area (Å²) in [5.74, 6) is -0.865. The number of para-hydroxylation sites is 2. The van der Waals surface area contributed by atoms with Gasteiger partial charge in [0.2, 0.25) is 0 Å². The number of benzene rings is 3. The van der Waals surface area contributed by atoms with Crippen LogP contribution < -0.4 is 10.0 Å². The molecular weight excluding hydrogens is 464 g/mol. The van der Waals surface area contributed by atoms with Crippen molar-refractivity contribution in [3.05, 3.63) is 77.3 Å². The van der Waals surface area contributed by atoms with Crippen molar-refractivity contribution in [3.63, 3.8) is 0 Å². The lowest BCUT2D eigenvalue weighted by Crippen LogP contribution is -2.16. The molecule has 0 bridgehead atoms. The van der Waals surface area contributed by atoms with Crippen LogP contribution in [0.15, 0.2) is 76.5 Å². The maximum absolute atomic E-state index is 12.7. The van der Waals surface area contributed by atoms with E-state index in [4.69, 9.17) is 11.6 Å². The lowest BCUT2D eigenvalue weighted by Gasteiger charge is -2.12. The monoisotopic (exact) mass is 480 g/mol. The summed E-state index contributed by atoms with van der Waals surface area (Å²) in [6, 6.07) is 14.8. The van der Waals surface area contributed by atoms with Crippen LogP contribution in [-0.2, 0) is 19.9 Å².